The molecule has 4 rings (SSSR count). The monoisotopic (exact) mass is 356 g/mol. The molecule has 0 spiro atoms. The molecule has 0 bridgehead atoms. The second-order valence-electron chi connectivity index (χ2n) is 6.69. The van der Waals surface area contributed by atoms with Gasteiger partial charge in [-0.2, -0.15) is 0 Å². The Labute approximate surface area is 157 Å². The molecule has 0 amide bonds. The van der Waals surface area contributed by atoms with Gasteiger partial charge in [0.25, 0.3) is 5.56 Å². The zero-order valence-electron chi connectivity index (χ0n) is 15.3. The summed E-state index contributed by atoms with van der Waals surface area (Å²) in [5, 5.41) is 0.643. The highest BCUT2D eigenvalue weighted by atomic mass is 16.1. The molecule has 0 aliphatic carbocycles. The number of benzene rings is 2. The van der Waals surface area contributed by atoms with Crippen molar-refractivity contribution in [2.24, 2.45) is 0 Å². The number of para-hydroxylation sites is 1. The molecule has 0 unspecified atom stereocenters. The molecule has 0 saturated heterocycles. The summed E-state index contributed by atoms with van der Waals surface area (Å²) in [5.74, 6) is 0.922. The van der Waals surface area contributed by atoms with E-state index in [1.54, 1.807) is 10.9 Å². The average Bonchev–Trinajstić information content (AvgIpc) is 2.71. The van der Waals surface area contributed by atoms with Crippen molar-refractivity contribution in [3.63, 3.8) is 0 Å². The Morgan fingerprint density at radius 3 is 2.48 bits per heavy atom. The van der Waals surface area contributed by atoms with E-state index in [1.807, 2.05) is 67.7 Å². The van der Waals surface area contributed by atoms with Gasteiger partial charge in [0, 0.05) is 20.3 Å². The minimum Gasteiger partial charge on any atom is -0.363 e. The van der Waals surface area contributed by atoms with Gasteiger partial charge in [0.15, 0.2) is 0 Å². The number of aromatic nitrogens is 3. The average molecular weight is 356 g/mol. The van der Waals surface area contributed by atoms with Crippen LogP contribution in [0.15, 0.2) is 78.0 Å². The second-order valence-corrected chi connectivity index (χ2v) is 6.69. The smallest absolute Gasteiger partial charge is 0.261 e. The van der Waals surface area contributed by atoms with E-state index in [1.165, 1.54) is 0 Å². The van der Waals surface area contributed by atoms with Crippen LogP contribution in [0.4, 0.5) is 5.82 Å². The minimum atomic E-state index is -0.0190. The molecule has 0 saturated carbocycles. The van der Waals surface area contributed by atoms with E-state index >= 15 is 0 Å². The van der Waals surface area contributed by atoms with Crippen LogP contribution in [0, 0.1) is 0 Å². The Balaban J connectivity index is 1.61. The van der Waals surface area contributed by atoms with Crippen molar-refractivity contribution in [2.75, 3.05) is 19.0 Å². The molecule has 0 aliphatic heterocycles. The summed E-state index contributed by atoms with van der Waals surface area (Å²) in [5.41, 5.74) is 4.00. The number of rotatable bonds is 4. The fraction of sp³-hybridized carbons (Fsp3) is 0.136. The summed E-state index contributed by atoms with van der Waals surface area (Å²) in [6, 6.07) is 19.7. The zero-order chi connectivity index (χ0) is 18.8. The van der Waals surface area contributed by atoms with E-state index in [9.17, 15) is 4.79 Å². The predicted octanol–water partition coefficient (Wildman–Crippen LogP) is 3.57. The van der Waals surface area contributed by atoms with Crippen molar-refractivity contribution >= 4 is 16.7 Å². The van der Waals surface area contributed by atoms with Crippen LogP contribution in [0.2, 0.25) is 0 Å². The maximum atomic E-state index is 12.6. The summed E-state index contributed by atoms with van der Waals surface area (Å²) in [4.78, 5) is 23.4. The van der Waals surface area contributed by atoms with Gasteiger partial charge in [-0.05, 0) is 41.0 Å². The molecular formula is C22H20N4O. The summed E-state index contributed by atoms with van der Waals surface area (Å²) in [7, 11) is 3.95. The molecule has 2 aromatic heterocycles. The highest BCUT2D eigenvalue weighted by Crippen LogP contribution is 2.22. The van der Waals surface area contributed by atoms with Gasteiger partial charge in [0.05, 0.1) is 23.8 Å². The maximum Gasteiger partial charge on any atom is 0.261 e. The SMILES string of the molecule is CN(C)c1cc(-c2ccc(Cn3cnc4ccccc4c3=O)cc2)ccn1. The van der Waals surface area contributed by atoms with Gasteiger partial charge < -0.3 is 4.90 Å². The Bertz CT molecular complexity index is 1150. The van der Waals surface area contributed by atoms with Gasteiger partial charge in [0.2, 0.25) is 0 Å². The molecule has 0 fully saturated rings. The second kappa shape index (κ2) is 7.03. The van der Waals surface area contributed by atoms with Crippen molar-refractivity contribution in [3.05, 3.63) is 89.1 Å². The molecule has 5 nitrogen and oxygen atoms in total. The molecule has 4 aromatic rings. The van der Waals surface area contributed by atoms with Crippen LogP contribution in [0.1, 0.15) is 5.56 Å². The molecule has 134 valence electrons. The van der Waals surface area contributed by atoms with Crippen LogP contribution in [-0.2, 0) is 6.54 Å². The quantitative estimate of drug-likeness (QED) is 0.561. The number of hydrogen-bond donors (Lipinski definition) is 0. The lowest BCUT2D eigenvalue weighted by Gasteiger charge is -2.12. The summed E-state index contributed by atoms with van der Waals surface area (Å²) < 4.78 is 1.65. The molecule has 2 aromatic carbocycles. The largest absolute Gasteiger partial charge is 0.363 e. The highest BCUT2D eigenvalue weighted by Gasteiger charge is 2.06. The van der Waals surface area contributed by atoms with Crippen LogP contribution in [0.5, 0.6) is 0 Å². The van der Waals surface area contributed by atoms with Crippen molar-refractivity contribution < 1.29 is 0 Å². The van der Waals surface area contributed by atoms with Crippen LogP contribution in [0.25, 0.3) is 22.0 Å². The summed E-state index contributed by atoms with van der Waals surface area (Å²) in [6.45, 7) is 0.496. The first-order valence-electron chi connectivity index (χ1n) is 8.79. The molecular weight excluding hydrogens is 336 g/mol. The molecule has 27 heavy (non-hydrogen) atoms. The number of hydrogen-bond acceptors (Lipinski definition) is 4. The number of nitrogens with zero attached hydrogens (tertiary/aromatic N) is 4. The van der Waals surface area contributed by atoms with Crippen LogP contribution >= 0.6 is 0 Å². The van der Waals surface area contributed by atoms with Crippen molar-refractivity contribution in [1.29, 1.82) is 0 Å². The van der Waals surface area contributed by atoms with Crippen molar-refractivity contribution in [1.82, 2.24) is 14.5 Å². The lowest BCUT2D eigenvalue weighted by molar-refractivity contribution is 0.748. The maximum absolute atomic E-state index is 12.6. The van der Waals surface area contributed by atoms with E-state index in [4.69, 9.17) is 0 Å². The van der Waals surface area contributed by atoms with Crippen LogP contribution in [0.3, 0.4) is 0 Å². The topological polar surface area (TPSA) is 51.0 Å². The molecule has 0 radical (unpaired) electrons. The summed E-state index contributed by atoms with van der Waals surface area (Å²) in [6.07, 6.45) is 3.43. The third-order valence-corrected chi connectivity index (χ3v) is 4.58. The molecule has 0 N–H and O–H groups in total. The van der Waals surface area contributed by atoms with Gasteiger partial charge >= 0.3 is 0 Å². The number of fused-ring (bicyclic) bond motifs is 1. The lowest BCUT2D eigenvalue weighted by Crippen LogP contribution is -2.21. The standard InChI is InChI=1S/C22H20N4O/c1-25(2)21-13-18(11-12-23-21)17-9-7-16(8-10-17)14-26-15-24-20-6-4-3-5-19(20)22(26)27/h3-13,15H,14H2,1-2H3. The predicted molar refractivity (Wildman–Crippen MR) is 109 cm³/mol. The molecule has 2 heterocycles. The van der Waals surface area contributed by atoms with Crippen molar-refractivity contribution in [2.45, 2.75) is 6.54 Å². The number of pyridine rings is 1. The normalized spacial score (nSPS) is 10.9. The summed E-state index contributed by atoms with van der Waals surface area (Å²) >= 11 is 0. The van der Waals surface area contributed by atoms with Gasteiger partial charge in [-0.15, -0.1) is 0 Å². The van der Waals surface area contributed by atoms with Gasteiger partial charge in [-0.1, -0.05) is 36.4 Å². The molecule has 0 aliphatic rings. The first kappa shape index (κ1) is 17.0. The number of anilines is 1. The van der Waals surface area contributed by atoms with Gasteiger partial charge in [-0.25, -0.2) is 9.97 Å². The van der Waals surface area contributed by atoms with E-state index in [0.29, 0.717) is 11.9 Å². The molecule has 0 atom stereocenters. The van der Waals surface area contributed by atoms with Crippen molar-refractivity contribution in [3.8, 4) is 11.1 Å². The third kappa shape index (κ3) is 3.44. The third-order valence-electron chi connectivity index (χ3n) is 4.58. The van der Waals surface area contributed by atoms with Gasteiger partial charge in [0.1, 0.15) is 5.82 Å². The van der Waals surface area contributed by atoms with E-state index < -0.39 is 0 Å². The first-order valence-corrected chi connectivity index (χ1v) is 8.79. The molecule has 5 heteroatoms. The Morgan fingerprint density at radius 1 is 0.926 bits per heavy atom. The Morgan fingerprint density at radius 2 is 1.70 bits per heavy atom. The minimum absolute atomic E-state index is 0.0190. The first-order chi connectivity index (χ1) is 13.1. The fourth-order valence-corrected chi connectivity index (χ4v) is 3.06. The fourth-order valence-electron chi connectivity index (χ4n) is 3.06. The highest BCUT2D eigenvalue weighted by molar-refractivity contribution is 5.76. The van der Waals surface area contributed by atoms with E-state index in [0.717, 1.165) is 28.0 Å². The lowest BCUT2D eigenvalue weighted by atomic mass is 10.0. The van der Waals surface area contributed by atoms with Gasteiger partial charge in [-0.3, -0.25) is 9.36 Å². The van der Waals surface area contributed by atoms with E-state index in [-0.39, 0.29) is 5.56 Å². The van der Waals surface area contributed by atoms with E-state index in [2.05, 4.69) is 28.2 Å². The Kier molecular flexibility index (Phi) is 4.42. The Hall–Kier alpha value is -3.47. The zero-order valence-corrected chi connectivity index (χ0v) is 15.3. The van der Waals surface area contributed by atoms with Crippen LogP contribution in [-0.4, -0.2) is 28.6 Å². The van der Waals surface area contributed by atoms with Crippen LogP contribution < -0.4 is 10.5 Å².